The van der Waals surface area contributed by atoms with Gasteiger partial charge in [0.1, 0.15) is 0 Å². The molecule has 0 fully saturated rings. The highest BCUT2D eigenvalue weighted by atomic mass is 16.1. The third-order valence-electron chi connectivity index (χ3n) is 3.73. The van der Waals surface area contributed by atoms with Crippen molar-refractivity contribution in [2.75, 3.05) is 0 Å². The van der Waals surface area contributed by atoms with Crippen LogP contribution in [0.2, 0.25) is 0 Å². The van der Waals surface area contributed by atoms with Crippen LogP contribution in [0, 0.1) is 12.3 Å². The van der Waals surface area contributed by atoms with E-state index in [1.807, 2.05) is 13.0 Å². The summed E-state index contributed by atoms with van der Waals surface area (Å²) in [6.45, 7) is 6.21. The quantitative estimate of drug-likeness (QED) is 0.797. The van der Waals surface area contributed by atoms with E-state index in [1.165, 1.54) is 0 Å². The van der Waals surface area contributed by atoms with Crippen molar-refractivity contribution in [3.8, 4) is 11.4 Å². The Kier molecular flexibility index (Phi) is 2.89. The minimum atomic E-state index is -0.0281. The predicted molar refractivity (Wildman–Crippen MR) is 76.4 cm³/mol. The van der Waals surface area contributed by atoms with Crippen LogP contribution in [0.5, 0.6) is 0 Å². The molecule has 0 aromatic carbocycles. The SMILES string of the molecule is Cc1ccncc1-c1ncc2c(n1)CC(C)(C)CC2=O. The number of hydrogen-bond acceptors (Lipinski definition) is 4. The number of aryl methyl sites for hydroxylation is 1. The number of carbonyl (C=O) groups is 1. The molecule has 0 saturated heterocycles. The number of fused-ring (bicyclic) bond motifs is 1. The number of nitrogens with zero attached hydrogens (tertiary/aromatic N) is 3. The molecule has 102 valence electrons. The van der Waals surface area contributed by atoms with E-state index in [9.17, 15) is 4.79 Å². The molecule has 0 radical (unpaired) electrons. The molecular formula is C16H17N3O. The summed E-state index contributed by atoms with van der Waals surface area (Å²) in [6, 6.07) is 1.94. The number of hydrogen-bond donors (Lipinski definition) is 0. The first-order valence-electron chi connectivity index (χ1n) is 6.76. The Morgan fingerprint density at radius 2 is 1.95 bits per heavy atom. The molecule has 20 heavy (non-hydrogen) atoms. The fourth-order valence-corrected chi connectivity index (χ4v) is 2.66. The minimum Gasteiger partial charge on any atom is -0.294 e. The normalized spacial score (nSPS) is 16.9. The highest BCUT2D eigenvalue weighted by Gasteiger charge is 2.32. The van der Waals surface area contributed by atoms with E-state index in [2.05, 4.69) is 28.8 Å². The van der Waals surface area contributed by atoms with Crippen molar-refractivity contribution in [3.05, 3.63) is 41.5 Å². The van der Waals surface area contributed by atoms with Gasteiger partial charge in [-0.15, -0.1) is 0 Å². The second-order valence-corrected chi connectivity index (χ2v) is 6.19. The molecule has 1 aliphatic rings. The van der Waals surface area contributed by atoms with E-state index in [-0.39, 0.29) is 11.2 Å². The molecule has 2 aromatic heterocycles. The summed E-state index contributed by atoms with van der Waals surface area (Å²) >= 11 is 0. The van der Waals surface area contributed by atoms with Crippen molar-refractivity contribution in [2.24, 2.45) is 5.41 Å². The average Bonchev–Trinajstić information content (AvgIpc) is 2.37. The maximum absolute atomic E-state index is 12.1. The summed E-state index contributed by atoms with van der Waals surface area (Å²) in [5, 5.41) is 0. The lowest BCUT2D eigenvalue weighted by atomic mass is 9.76. The summed E-state index contributed by atoms with van der Waals surface area (Å²) in [4.78, 5) is 25.2. The van der Waals surface area contributed by atoms with Crippen LogP contribution in [0.1, 0.15) is 41.9 Å². The first kappa shape index (κ1) is 12.9. The number of aromatic nitrogens is 3. The Balaban J connectivity index is 2.10. The second kappa shape index (κ2) is 4.47. The van der Waals surface area contributed by atoms with Crippen LogP contribution in [0.3, 0.4) is 0 Å². The van der Waals surface area contributed by atoms with E-state index < -0.39 is 0 Å². The predicted octanol–water partition coefficient (Wildman–Crippen LogP) is 3.00. The van der Waals surface area contributed by atoms with Gasteiger partial charge < -0.3 is 0 Å². The van der Waals surface area contributed by atoms with Gasteiger partial charge in [-0.05, 0) is 30.4 Å². The van der Waals surface area contributed by atoms with E-state index >= 15 is 0 Å². The first-order chi connectivity index (χ1) is 9.46. The third-order valence-corrected chi connectivity index (χ3v) is 3.73. The second-order valence-electron chi connectivity index (χ2n) is 6.19. The maximum atomic E-state index is 12.1. The van der Waals surface area contributed by atoms with Gasteiger partial charge in [0.25, 0.3) is 0 Å². The van der Waals surface area contributed by atoms with Gasteiger partial charge in [-0.25, -0.2) is 9.97 Å². The Morgan fingerprint density at radius 3 is 2.70 bits per heavy atom. The Hall–Kier alpha value is -2.10. The maximum Gasteiger partial charge on any atom is 0.166 e. The standard InChI is InChI=1S/C16H17N3O/c1-10-4-5-17-8-11(10)15-18-9-12-13(19-15)6-16(2,3)7-14(12)20/h4-5,8-9H,6-7H2,1-3H3. The van der Waals surface area contributed by atoms with Crippen LogP contribution in [0.25, 0.3) is 11.4 Å². The van der Waals surface area contributed by atoms with Gasteiger partial charge in [0.05, 0.1) is 11.3 Å². The largest absolute Gasteiger partial charge is 0.294 e. The van der Waals surface area contributed by atoms with E-state index in [0.29, 0.717) is 17.8 Å². The molecule has 0 atom stereocenters. The number of Topliss-reactive ketones (excluding diaryl/α,β-unsaturated/α-hetero) is 1. The number of rotatable bonds is 1. The molecule has 3 rings (SSSR count). The summed E-state index contributed by atoms with van der Waals surface area (Å²) in [5.41, 5.74) is 3.52. The summed E-state index contributed by atoms with van der Waals surface area (Å²) in [5.74, 6) is 0.797. The molecule has 4 nitrogen and oxygen atoms in total. The number of carbonyl (C=O) groups excluding carboxylic acids is 1. The van der Waals surface area contributed by atoms with Gasteiger partial charge in [-0.1, -0.05) is 13.8 Å². The molecule has 0 aliphatic heterocycles. The fraction of sp³-hybridized carbons (Fsp3) is 0.375. The minimum absolute atomic E-state index is 0.0281. The van der Waals surface area contributed by atoms with E-state index in [4.69, 9.17) is 0 Å². The van der Waals surface area contributed by atoms with Crippen molar-refractivity contribution < 1.29 is 4.79 Å². The van der Waals surface area contributed by atoms with Gasteiger partial charge in [0.15, 0.2) is 11.6 Å². The number of ketones is 1. The Bertz CT molecular complexity index is 692. The topological polar surface area (TPSA) is 55.7 Å². The van der Waals surface area contributed by atoms with Crippen molar-refractivity contribution in [2.45, 2.75) is 33.6 Å². The highest BCUT2D eigenvalue weighted by Crippen LogP contribution is 2.34. The van der Waals surface area contributed by atoms with Crippen LogP contribution < -0.4 is 0 Å². The van der Waals surface area contributed by atoms with E-state index in [0.717, 1.165) is 23.2 Å². The monoisotopic (exact) mass is 267 g/mol. The zero-order valence-electron chi connectivity index (χ0n) is 12.0. The molecule has 0 N–H and O–H groups in total. The molecule has 0 spiro atoms. The third kappa shape index (κ3) is 2.22. The van der Waals surface area contributed by atoms with Gasteiger partial charge in [-0.2, -0.15) is 0 Å². The summed E-state index contributed by atoms with van der Waals surface area (Å²) in [6.07, 6.45) is 6.57. The smallest absolute Gasteiger partial charge is 0.166 e. The van der Waals surface area contributed by atoms with Crippen LogP contribution >= 0.6 is 0 Å². The Labute approximate surface area is 118 Å². The van der Waals surface area contributed by atoms with Crippen LogP contribution in [-0.4, -0.2) is 20.7 Å². The molecule has 0 bridgehead atoms. The van der Waals surface area contributed by atoms with Crippen LogP contribution in [0.4, 0.5) is 0 Å². The molecule has 2 aromatic rings. The zero-order valence-corrected chi connectivity index (χ0v) is 12.0. The van der Waals surface area contributed by atoms with Crippen LogP contribution in [0.15, 0.2) is 24.7 Å². The van der Waals surface area contributed by atoms with Gasteiger partial charge in [0, 0.05) is 30.6 Å². The molecule has 0 saturated carbocycles. The Morgan fingerprint density at radius 1 is 1.15 bits per heavy atom. The first-order valence-corrected chi connectivity index (χ1v) is 6.76. The van der Waals surface area contributed by atoms with Crippen molar-refractivity contribution in [3.63, 3.8) is 0 Å². The van der Waals surface area contributed by atoms with Gasteiger partial charge >= 0.3 is 0 Å². The van der Waals surface area contributed by atoms with Gasteiger partial charge in [-0.3, -0.25) is 9.78 Å². The van der Waals surface area contributed by atoms with Crippen molar-refractivity contribution in [1.82, 2.24) is 15.0 Å². The zero-order chi connectivity index (χ0) is 14.3. The summed E-state index contributed by atoms with van der Waals surface area (Å²) < 4.78 is 0. The molecular weight excluding hydrogens is 250 g/mol. The molecule has 4 heteroatoms. The highest BCUT2D eigenvalue weighted by molar-refractivity contribution is 5.98. The lowest BCUT2D eigenvalue weighted by molar-refractivity contribution is 0.0910. The lowest BCUT2D eigenvalue weighted by Gasteiger charge is -2.29. The number of pyridine rings is 1. The van der Waals surface area contributed by atoms with Crippen molar-refractivity contribution >= 4 is 5.78 Å². The van der Waals surface area contributed by atoms with Gasteiger partial charge in [0.2, 0.25) is 0 Å². The van der Waals surface area contributed by atoms with Crippen molar-refractivity contribution in [1.29, 1.82) is 0 Å². The lowest BCUT2D eigenvalue weighted by Crippen LogP contribution is -2.28. The van der Waals surface area contributed by atoms with E-state index in [1.54, 1.807) is 18.6 Å². The fourth-order valence-electron chi connectivity index (χ4n) is 2.66. The molecule has 0 amide bonds. The molecule has 2 heterocycles. The molecule has 0 unspecified atom stereocenters. The average molecular weight is 267 g/mol. The molecule has 1 aliphatic carbocycles. The van der Waals surface area contributed by atoms with Crippen LogP contribution in [-0.2, 0) is 6.42 Å². The summed E-state index contributed by atoms with van der Waals surface area (Å²) in [7, 11) is 0.